The molecule has 1 aromatic rings. The first-order chi connectivity index (χ1) is 7.36. The van der Waals surface area contributed by atoms with Crippen LogP contribution in [-0.2, 0) is 6.42 Å². The Balaban J connectivity index is 2.12. The molecule has 1 N–H and O–H groups in total. The van der Waals surface area contributed by atoms with Crippen LogP contribution < -0.4 is 5.32 Å². The quantitative estimate of drug-likeness (QED) is 0.673. The lowest BCUT2D eigenvalue weighted by Crippen LogP contribution is -2.23. The van der Waals surface area contributed by atoms with Crippen LogP contribution in [0, 0.1) is 0 Å². The summed E-state index contributed by atoms with van der Waals surface area (Å²) >= 11 is 0. The molecule has 0 heterocycles. The van der Waals surface area contributed by atoms with Crippen molar-refractivity contribution in [2.24, 2.45) is 0 Å². The van der Waals surface area contributed by atoms with Gasteiger partial charge in [-0.25, -0.2) is 0 Å². The zero-order chi connectivity index (χ0) is 10.9. The molecule has 1 heteroatoms. The van der Waals surface area contributed by atoms with Crippen LogP contribution in [0.3, 0.4) is 0 Å². The SMILES string of the molecule is CCC(CCCCc1ccccc1)NC. The zero-order valence-electron chi connectivity index (χ0n) is 10.00. The molecule has 1 atom stereocenters. The lowest BCUT2D eigenvalue weighted by Gasteiger charge is -2.12. The largest absolute Gasteiger partial charge is 0.317 e. The highest BCUT2D eigenvalue weighted by Crippen LogP contribution is 2.08. The van der Waals surface area contributed by atoms with E-state index in [1.165, 1.54) is 37.7 Å². The van der Waals surface area contributed by atoms with Gasteiger partial charge in [-0.1, -0.05) is 43.7 Å². The van der Waals surface area contributed by atoms with E-state index in [4.69, 9.17) is 0 Å². The minimum atomic E-state index is 0.709. The Morgan fingerprint density at radius 3 is 2.47 bits per heavy atom. The second-order valence-electron chi connectivity index (χ2n) is 4.13. The summed E-state index contributed by atoms with van der Waals surface area (Å²) in [5, 5.41) is 3.35. The fourth-order valence-corrected chi connectivity index (χ4v) is 1.92. The molecule has 0 bridgehead atoms. The molecule has 0 spiro atoms. The molecule has 0 fully saturated rings. The summed E-state index contributed by atoms with van der Waals surface area (Å²) in [6.07, 6.45) is 6.40. The van der Waals surface area contributed by atoms with Gasteiger partial charge in [-0.3, -0.25) is 0 Å². The Bertz CT molecular complexity index is 239. The number of hydrogen-bond acceptors (Lipinski definition) is 1. The van der Waals surface area contributed by atoms with Crippen molar-refractivity contribution in [1.82, 2.24) is 5.32 Å². The molecule has 1 aromatic carbocycles. The van der Waals surface area contributed by atoms with Crippen LogP contribution in [0.1, 0.15) is 38.2 Å². The van der Waals surface area contributed by atoms with Crippen LogP contribution in [-0.4, -0.2) is 13.1 Å². The molecule has 1 unspecified atom stereocenters. The van der Waals surface area contributed by atoms with Crippen LogP contribution in [0.5, 0.6) is 0 Å². The van der Waals surface area contributed by atoms with Crippen LogP contribution in [0.15, 0.2) is 30.3 Å². The van der Waals surface area contributed by atoms with Gasteiger partial charge < -0.3 is 5.32 Å². The van der Waals surface area contributed by atoms with Crippen molar-refractivity contribution < 1.29 is 0 Å². The van der Waals surface area contributed by atoms with Crippen molar-refractivity contribution in [3.05, 3.63) is 35.9 Å². The fourth-order valence-electron chi connectivity index (χ4n) is 1.92. The van der Waals surface area contributed by atoms with E-state index in [1.807, 2.05) is 0 Å². The summed E-state index contributed by atoms with van der Waals surface area (Å²) in [6.45, 7) is 2.25. The minimum Gasteiger partial charge on any atom is -0.317 e. The molecule has 0 aliphatic heterocycles. The van der Waals surface area contributed by atoms with Gasteiger partial charge in [0, 0.05) is 6.04 Å². The Hall–Kier alpha value is -0.820. The van der Waals surface area contributed by atoms with E-state index in [-0.39, 0.29) is 0 Å². The first-order valence-electron chi connectivity index (χ1n) is 6.08. The summed E-state index contributed by atoms with van der Waals surface area (Å²) in [6, 6.07) is 11.5. The molecule has 0 aliphatic rings. The van der Waals surface area contributed by atoms with Gasteiger partial charge in [0.05, 0.1) is 0 Å². The molecule has 1 nitrogen and oxygen atoms in total. The molecule has 0 aromatic heterocycles. The van der Waals surface area contributed by atoms with E-state index >= 15 is 0 Å². The van der Waals surface area contributed by atoms with Gasteiger partial charge in [0.2, 0.25) is 0 Å². The Morgan fingerprint density at radius 1 is 1.13 bits per heavy atom. The van der Waals surface area contributed by atoms with E-state index in [0.717, 1.165) is 0 Å². The van der Waals surface area contributed by atoms with E-state index in [0.29, 0.717) is 6.04 Å². The topological polar surface area (TPSA) is 12.0 Å². The van der Waals surface area contributed by atoms with Crippen molar-refractivity contribution in [1.29, 1.82) is 0 Å². The number of nitrogens with one attached hydrogen (secondary N) is 1. The lowest BCUT2D eigenvalue weighted by molar-refractivity contribution is 0.482. The van der Waals surface area contributed by atoms with E-state index in [1.54, 1.807) is 0 Å². The smallest absolute Gasteiger partial charge is 0.00614 e. The average molecular weight is 205 g/mol. The van der Waals surface area contributed by atoms with E-state index in [9.17, 15) is 0 Å². The highest BCUT2D eigenvalue weighted by atomic mass is 14.9. The first-order valence-corrected chi connectivity index (χ1v) is 6.08. The molecule has 0 saturated carbocycles. The average Bonchev–Trinajstić information content (AvgIpc) is 2.31. The van der Waals surface area contributed by atoms with E-state index < -0.39 is 0 Å². The highest BCUT2D eigenvalue weighted by Gasteiger charge is 2.01. The second-order valence-corrected chi connectivity index (χ2v) is 4.13. The van der Waals surface area contributed by atoms with Crippen LogP contribution in [0.2, 0.25) is 0 Å². The van der Waals surface area contributed by atoms with Gasteiger partial charge in [-0.05, 0) is 38.3 Å². The van der Waals surface area contributed by atoms with Gasteiger partial charge in [0.25, 0.3) is 0 Å². The maximum absolute atomic E-state index is 3.35. The summed E-state index contributed by atoms with van der Waals surface area (Å²) < 4.78 is 0. The van der Waals surface area contributed by atoms with E-state index in [2.05, 4.69) is 49.6 Å². The van der Waals surface area contributed by atoms with Crippen molar-refractivity contribution in [3.63, 3.8) is 0 Å². The molecule has 0 amide bonds. The number of rotatable bonds is 7. The summed E-state index contributed by atoms with van der Waals surface area (Å²) in [5.74, 6) is 0. The maximum atomic E-state index is 3.35. The second kappa shape index (κ2) is 7.47. The van der Waals surface area contributed by atoms with Gasteiger partial charge in [0.15, 0.2) is 0 Å². The lowest BCUT2D eigenvalue weighted by atomic mass is 10.0. The van der Waals surface area contributed by atoms with Crippen molar-refractivity contribution in [2.75, 3.05) is 7.05 Å². The van der Waals surface area contributed by atoms with Crippen molar-refractivity contribution in [3.8, 4) is 0 Å². The van der Waals surface area contributed by atoms with Crippen molar-refractivity contribution in [2.45, 2.75) is 45.1 Å². The molecule has 15 heavy (non-hydrogen) atoms. The number of aryl methyl sites for hydroxylation is 1. The first kappa shape index (κ1) is 12.3. The summed E-state index contributed by atoms with van der Waals surface area (Å²) in [7, 11) is 2.06. The van der Waals surface area contributed by atoms with Gasteiger partial charge in [-0.2, -0.15) is 0 Å². The summed E-state index contributed by atoms with van der Waals surface area (Å²) in [4.78, 5) is 0. The Kier molecular flexibility index (Phi) is 6.10. The highest BCUT2D eigenvalue weighted by molar-refractivity contribution is 5.14. The number of hydrogen-bond donors (Lipinski definition) is 1. The third-order valence-corrected chi connectivity index (χ3v) is 3.01. The molecular formula is C14H23N. The predicted molar refractivity (Wildman–Crippen MR) is 67.1 cm³/mol. The third-order valence-electron chi connectivity index (χ3n) is 3.01. The minimum absolute atomic E-state index is 0.709. The van der Waals surface area contributed by atoms with Crippen LogP contribution >= 0.6 is 0 Å². The van der Waals surface area contributed by atoms with Gasteiger partial charge >= 0.3 is 0 Å². The zero-order valence-corrected chi connectivity index (χ0v) is 10.00. The molecular weight excluding hydrogens is 182 g/mol. The van der Waals surface area contributed by atoms with Gasteiger partial charge in [-0.15, -0.1) is 0 Å². The Labute approximate surface area is 93.9 Å². The molecule has 0 radical (unpaired) electrons. The Morgan fingerprint density at radius 2 is 1.87 bits per heavy atom. The molecule has 84 valence electrons. The maximum Gasteiger partial charge on any atom is 0.00614 e. The van der Waals surface area contributed by atoms with Crippen LogP contribution in [0.4, 0.5) is 0 Å². The fraction of sp³-hybridized carbons (Fsp3) is 0.571. The van der Waals surface area contributed by atoms with Crippen molar-refractivity contribution >= 4 is 0 Å². The standard InChI is InChI=1S/C14H23N/c1-3-14(15-2)12-8-7-11-13-9-5-4-6-10-13/h4-6,9-10,14-15H,3,7-8,11-12H2,1-2H3. The molecule has 0 saturated heterocycles. The molecule has 1 rings (SSSR count). The molecule has 0 aliphatic carbocycles. The number of benzene rings is 1. The normalized spacial score (nSPS) is 12.7. The monoisotopic (exact) mass is 205 g/mol. The van der Waals surface area contributed by atoms with Crippen LogP contribution in [0.25, 0.3) is 0 Å². The summed E-state index contributed by atoms with van der Waals surface area (Å²) in [5.41, 5.74) is 1.47. The third kappa shape index (κ3) is 4.98. The predicted octanol–water partition coefficient (Wildman–Crippen LogP) is 3.40. The van der Waals surface area contributed by atoms with Gasteiger partial charge in [0.1, 0.15) is 0 Å². The number of unbranched alkanes of at least 4 members (excludes halogenated alkanes) is 1.